The number of nitrogens with one attached hydrogen (secondary N) is 1. The zero-order valence-electron chi connectivity index (χ0n) is 13.7. The zero-order chi connectivity index (χ0) is 17.2. The third kappa shape index (κ3) is 3.29. The van der Waals surface area contributed by atoms with Crippen LogP contribution in [0.4, 0.5) is 5.69 Å². The van der Waals surface area contributed by atoms with Crippen LogP contribution in [0.2, 0.25) is 0 Å². The van der Waals surface area contributed by atoms with Gasteiger partial charge in [0.15, 0.2) is 0 Å². The van der Waals surface area contributed by atoms with Gasteiger partial charge in [0.1, 0.15) is 5.60 Å². The maximum absolute atomic E-state index is 5.74. The summed E-state index contributed by atoms with van der Waals surface area (Å²) in [4.78, 5) is 0. The van der Waals surface area contributed by atoms with Crippen molar-refractivity contribution < 1.29 is 4.74 Å². The fraction of sp³-hybridized carbons (Fsp3) is 0.294. The molecule has 23 heavy (non-hydrogen) atoms. The fourth-order valence-corrected chi connectivity index (χ4v) is 3.22. The van der Waals surface area contributed by atoms with E-state index in [1.807, 2.05) is 33.0 Å². The molecule has 0 radical (unpaired) electrons. The van der Waals surface area contributed by atoms with Gasteiger partial charge in [-0.05, 0) is 62.9 Å². The first kappa shape index (κ1) is 17.6. The number of thiocarbonyl (C=S) groups is 2. The quantitative estimate of drug-likeness (QED) is 0.813. The lowest BCUT2D eigenvalue weighted by Crippen LogP contribution is -2.34. The van der Waals surface area contributed by atoms with Crippen molar-refractivity contribution in [2.75, 3.05) is 12.4 Å². The summed E-state index contributed by atoms with van der Waals surface area (Å²) in [5.74, 6) is 0. The lowest BCUT2D eigenvalue weighted by atomic mass is 9.92. The molecular weight excluding hydrogens is 326 g/mol. The molecule has 0 aliphatic carbocycles. The molecule has 3 N–H and O–H groups in total. The van der Waals surface area contributed by atoms with E-state index in [4.69, 9.17) is 29.2 Å². The summed E-state index contributed by atoms with van der Waals surface area (Å²) in [7, 11) is 3.52. The van der Waals surface area contributed by atoms with Crippen LogP contribution in [-0.4, -0.2) is 22.2 Å². The average Bonchev–Trinajstić information content (AvgIpc) is 2.89. The molecule has 1 aromatic carbocycles. The van der Waals surface area contributed by atoms with Gasteiger partial charge in [-0.25, -0.2) is 0 Å². The molecule has 0 unspecified atom stereocenters. The molecule has 3 rings (SSSR count). The highest BCUT2D eigenvalue weighted by molar-refractivity contribution is 7.80. The molecule has 122 valence electrons. The normalized spacial score (nSPS) is 14.7. The molecule has 0 fully saturated rings. The van der Waals surface area contributed by atoms with Crippen LogP contribution in [0.15, 0.2) is 30.3 Å². The van der Waals surface area contributed by atoms with Crippen LogP contribution in [0.3, 0.4) is 0 Å². The standard InChI is InChI=1S/C16H16N2OS2.CH5N/c1-16(2)12-8-10(4-6-13(12)17-15(21)19-16)14-7-5-11(9-20)18(14)3;1-2/h4-9H,1-3H3,(H,17,21);2H2,1H3. The first-order chi connectivity index (χ1) is 10.9. The van der Waals surface area contributed by atoms with Gasteiger partial charge in [0.05, 0.1) is 5.69 Å². The van der Waals surface area contributed by atoms with Crippen molar-refractivity contribution in [3.8, 4) is 11.3 Å². The van der Waals surface area contributed by atoms with Gasteiger partial charge in [-0.3, -0.25) is 0 Å². The number of benzene rings is 1. The van der Waals surface area contributed by atoms with Gasteiger partial charge in [-0.2, -0.15) is 0 Å². The first-order valence-corrected chi connectivity index (χ1v) is 8.14. The number of aromatic nitrogens is 1. The highest BCUT2D eigenvalue weighted by Gasteiger charge is 2.31. The lowest BCUT2D eigenvalue weighted by Gasteiger charge is -2.34. The molecule has 2 heterocycles. The van der Waals surface area contributed by atoms with Gasteiger partial charge < -0.3 is 20.4 Å². The molecule has 0 bridgehead atoms. The summed E-state index contributed by atoms with van der Waals surface area (Å²) in [5, 5.41) is 5.21. The maximum Gasteiger partial charge on any atom is 0.262 e. The Kier molecular flexibility index (Phi) is 5.19. The summed E-state index contributed by atoms with van der Waals surface area (Å²) in [5.41, 5.74) is 9.44. The first-order valence-electron chi connectivity index (χ1n) is 7.26. The highest BCUT2D eigenvalue weighted by Crippen LogP contribution is 2.38. The van der Waals surface area contributed by atoms with Crippen molar-refractivity contribution in [2.45, 2.75) is 19.4 Å². The van der Waals surface area contributed by atoms with Crippen molar-refractivity contribution in [3.63, 3.8) is 0 Å². The van der Waals surface area contributed by atoms with Gasteiger partial charge in [-0.15, -0.1) is 0 Å². The molecule has 0 saturated heterocycles. The second-order valence-electron chi connectivity index (χ2n) is 5.61. The van der Waals surface area contributed by atoms with E-state index in [9.17, 15) is 0 Å². The molecule has 1 aliphatic heterocycles. The van der Waals surface area contributed by atoms with E-state index in [1.54, 1.807) is 5.37 Å². The Morgan fingerprint density at radius 1 is 1.22 bits per heavy atom. The van der Waals surface area contributed by atoms with Crippen molar-refractivity contribution in [1.29, 1.82) is 0 Å². The summed E-state index contributed by atoms with van der Waals surface area (Å²) in [6, 6.07) is 10.4. The third-order valence-electron chi connectivity index (χ3n) is 3.83. The van der Waals surface area contributed by atoms with E-state index in [-0.39, 0.29) is 0 Å². The van der Waals surface area contributed by atoms with E-state index < -0.39 is 5.60 Å². The number of ether oxygens (including phenoxy) is 1. The second kappa shape index (κ2) is 6.78. The Labute approximate surface area is 147 Å². The lowest BCUT2D eigenvalue weighted by molar-refractivity contribution is 0.0947. The summed E-state index contributed by atoms with van der Waals surface area (Å²) >= 11 is 10.2. The maximum atomic E-state index is 5.74. The number of hydrogen-bond donors (Lipinski definition) is 2. The SMILES string of the molecule is CN.Cn1c(C=S)ccc1-c1ccc2c(c1)C(C)(C)OC(=S)N2. The summed E-state index contributed by atoms with van der Waals surface area (Å²) in [6.45, 7) is 4.05. The molecule has 4 nitrogen and oxygen atoms in total. The van der Waals surface area contributed by atoms with Crippen LogP contribution in [-0.2, 0) is 17.4 Å². The minimum Gasteiger partial charge on any atom is -0.460 e. The zero-order valence-corrected chi connectivity index (χ0v) is 15.3. The van der Waals surface area contributed by atoms with E-state index in [0.29, 0.717) is 5.17 Å². The van der Waals surface area contributed by atoms with E-state index in [0.717, 1.165) is 28.2 Å². The van der Waals surface area contributed by atoms with Crippen LogP contribution in [0.25, 0.3) is 11.3 Å². The Morgan fingerprint density at radius 2 is 1.91 bits per heavy atom. The van der Waals surface area contributed by atoms with Gasteiger partial charge in [-0.1, -0.05) is 18.3 Å². The number of anilines is 1. The van der Waals surface area contributed by atoms with Crippen LogP contribution in [0, 0.1) is 0 Å². The van der Waals surface area contributed by atoms with Gasteiger partial charge in [0.25, 0.3) is 5.17 Å². The minimum absolute atomic E-state index is 0.419. The second-order valence-corrected chi connectivity index (χ2v) is 6.21. The smallest absolute Gasteiger partial charge is 0.262 e. The Balaban J connectivity index is 0.000000924. The van der Waals surface area contributed by atoms with Gasteiger partial charge in [0.2, 0.25) is 0 Å². The van der Waals surface area contributed by atoms with E-state index >= 15 is 0 Å². The van der Waals surface area contributed by atoms with E-state index in [2.05, 4.69) is 33.8 Å². The number of hydrogen-bond acceptors (Lipinski definition) is 4. The number of rotatable bonds is 2. The number of fused-ring (bicyclic) bond motifs is 1. The Hall–Kier alpha value is -1.76. The summed E-state index contributed by atoms with van der Waals surface area (Å²) < 4.78 is 7.83. The third-order valence-corrected chi connectivity index (χ3v) is 4.26. The average molecular weight is 348 g/mol. The molecule has 0 amide bonds. The van der Waals surface area contributed by atoms with Crippen molar-refractivity contribution in [3.05, 3.63) is 41.6 Å². The van der Waals surface area contributed by atoms with Gasteiger partial charge in [0, 0.05) is 29.4 Å². The predicted molar refractivity (Wildman–Crippen MR) is 104 cm³/mol. The molecule has 2 aromatic rings. The predicted octanol–water partition coefficient (Wildman–Crippen LogP) is 3.58. The summed E-state index contributed by atoms with van der Waals surface area (Å²) in [6.07, 6.45) is 0. The van der Waals surface area contributed by atoms with Gasteiger partial charge >= 0.3 is 0 Å². The Morgan fingerprint density at radius 3 is 2.52 bits per heavy atom. The van der Waals surface area contributed by atoms with Crippen LogP contribution in [0.5, 0.6) is 0 Å². The molecule has 1 aromatic heterocycles. The molecule has 6 heteroatoms. The van der Waals surface area contributed by atoms with Crippen molar-refractivity contribution in [1.82, 2.24) is 4.57 Å². The topological polar surface area (TPSA) is 52.2 Å². The molecule has 0 spiro atoms. The Bertz CT molecular complexity index is 750. The van der Waals surface area contributed by atoms with Crippen LogP contribution >= 0.6 is 24.4 Å². The minimum atomic E-state index is -0.439. The van der Waals surface area contributed by atoms with Crippen LogP contribution in [0.1, 0.15) is 25.1 Å². The van der Waals surface area contributed by atoms with E-state index in [1.165, 1.54) is 7.05 Å². The molecular formula is C17H21N3OS2. The molecule has 0 atom stereocenters. The van der Waals surface area contributed by atoms with Crippen molar-refractivity contribution in [2.24, 2.45) is 12.8 Å². The fourth-order valence-electron chi connectivity index (χ4n) is 2.67. The molecule has 1 aliphatic rings. The van der Waals surface area contributed by atoms with Crippen LogP contribution < -0.4 is 11.1 Å². The number of nitrogens with two attached hydrogens (primary N) is 1. The highest BCUT2D eigenvalue weighted by atomic mass is 32.1. The number of nitrogens with zero attached hydrogens (tertiary/aromatic N) is 1. The van der Waals surface area contributed by atoms with Crippen molar-refractivity contribution >= 4 is 40.7 Å². The molecule has 0 saturated carbocycles. The largest absolute Gasteiger partial charge is 0.460 e. The monoisotopic (exact) mass is 347 g/mol.